The third kappa shape index (κ3) is 2.20. The van der Waals surface area contributed by atoms with Gasteiger partial charge in [0.05, 0.1) is 4.91 Å². The molecule has 5 heteroatoms. The Hall–Kier alpha value is -0.680. The fraction of sp³-hybridized carbons (Fsp3) is 0.727. The number of carbonyl (C=O) groups is 1. The van der Waals surface area contributed by atoms with E-state index in [0.717, 1.165) is 18.2 Å². The monoisotopic (exact) mass is 241 g/mol. The SMILES string of the molecule is CC1=C(C(N)=O)SC(N)N1CC1CCCC1. The van der Waals surface area contributed by atoms with Crippen LogP contribution in [-0.2, 0) is 4.79 Å². The maximum Gasteiger partial charge on any atom is 0.257 e. The number of hydrogen-bond acceptors (Lipinski definition) is 4. The van der Waals surface area contributed by atoms with Gasteiger partial charge >= 0.3 is 0 Å². The molecule has 1 atom stereocenters. The molecule has 1 aliphatic heterocycles. The predicted octanol–water partition coefficient (Wildman–Crippen LogP) is 1.18. The van der Waals surface area contributed by atoms with Gasteiger partial charge in [0.15, 0.2) is 0 Å². The zero-order valence-corrected chi connectivity index (χ0v) is 10.4. The number of rotatable bonds is 3. The maximum absolute atomic E-state index is 11.2. The van der Waals surface area contributed by atoms with Crippen molar-refractivity contribution in [2.45, 2.75) is 38.1 Å². The number of amides is 1. The minimum absolute atomic E-state index is 0.136. The lowest BCUT2D eigenvalue weighted by Crippen LogP contribution is -2.37. The Kier molecular flexibility index (Phi) is 3.44. The van der Waals surface area contributed by atoms with Crippen LogP contribution < -0.4 is 11.5 Å². The van der Waals surface area contributed by atoms with Crippen LogP contribution in [0.3, 0.4) is 0 Å². The molecule has 1 heterocycles. The zero-order chi connectivity index (χ0) is 11.7. The van der Waals surface area contributed by atoms with Gasteiger partial charge in [-0.15, -0.1) is 0 Å². The number of nitrogens with two attached hydrogens (primary N) is 2. The molecule has 1 fully saturated rings. The minimum Gasteiger partial charge on any atom is -0.365 e. The molecule has 0 spiro atoms. The first kappa shape index (κ1) is 11.8. The number of primary amides is 1. The molecule has 4 N–H and O–H groups in total. The van der Waals surface area contributed by atoms with E-state index in [1.807, 2.05) is 6.92 Å². The van der Waals surface area contributed by atoms with Crippen molar-refractivity contribution in [1.29, 1.82) is 0 Å². The highest BCUT2D eigenvalue weighted by atomic mass is 32.2. The quantitative estimate of drug-likeness (QED) is 0.778. The highest BCUT2D eigenvalue weighted by Gasteiger charge is 2.32. The van der Waals surface area contributed by atoms with Crippen molar-refractivity contribution in [3.63, 3.8) is 0 Å². The van der Waals surface area contributed by atoms with Crippen LogP contribution in [0.2, 0.25) is 0 Å². The average Bonchev–Trinajstić information content (AvgIpc) is 2.81. The van der Waals surface area contributed by atoms with Crippen LogP contribution in [-0.4, -0.2) is 22.8 Å². The number of allylic oxidation sites excluding steroid dienone is 1. The first-order valence-electron chi connectivity index (χ1n) is 5.79. The second-order valence-electron chi connectivity index (χ2n) is 4.59. The third-order valence-electron chi connectivity index (χ3n) is 3.46. The van der Waals surface area contributed by atoms with E-state index in [0.29, 0.717) is 4.91 Å². The summed E-state index contributed by atoms with van der Waals surface area (Å²) in [6, 6.07) is 0. The summed E-state index contributed by atoms with van der Waals surface area (Å²) in [5.74, 6) is 0.376. The van der Waals surface area contributed by atoms with E-state index in [4.69, 9.17) is 11.5 Å². The summed E-state index contributed by atoms with van der Waals surface area (Å²) >= 11 is 1.38. The van der Waals surface area contributed by atoms with Crippen LogP contribution in [0.15, 0.2) is 10.6 Å². The molecule has 0 radical (unpaired) electrons. The van der Waals surface area contributed by atoms with Crippen molar-refractivity contribution in [2.24, 2.45) is 17.4 Å². The van der Waals surface area contributed by atoms with E-state index in [1.165, 1.54) is 37.4 Å². The summed E-state index contributed by atoms with van der Waals surface area (Å²) < 4.78 is 0. The molecule has 1 saturated carbocycles. The summed E-state index contributed by atoms with van der Waals surface area (Å²) in [6.45, 7) is 2.91. The summed E-state index contributed by atoms with van der Waals surface area (Å²) in [6.07, 6.45) is 5.22. The summed E-state index contributed by atoms with van der Waals surface area (Å²) in [4.78, 5) is 14.0. The lowest BCUT2D eigenvalue weighted by atomic mass is 10.1. The second-order valence-corrected chi connectivity index (χ2v) is 5.72. The van der Waals surface area contributed by atoms with Crippen LogP contribution in [0.4, 0.5) is 0 Å². The van der Waals surface area contributed by atoms with Crippen molar-refractivity contribution in [1.82, 2.24) is 4.90 Å². The molecule has 2 rings (SSSR count). The van der Waals surface area contributed by atoms with Crippen molar-refractivity contribution in [3.8, 4) is 0 Å². The molecule has 0 saturated heterocycles. The summed E-state index contributed by atoms with van der Waals surface area (Å²) in [5.41, 5.74) is 12.2. The van der Waals surface area contributed by atoms with Crippen molar-refractivity contribution in [2.75, 3.05) is 6.54 Å². The molecule has 0 bridgehead atoms. The molecule has 1 aliphatic carbocycles. The van der Waals surface area contributed by atoms with Gasteiger partial charge in [0.2, 0.25) is 0 Å². The molecule has 2 aliphatic rings. The summed E-state index contributed by atoms with van der Waals surface area (Å²) in [5, 5.41) is 0. The first-order valence-corrected chi connectivity index (χ1v) is 6.67. The molecule has 0 aromatic heterocycles. The minimum atomic E-state index is -0.355. The zero-order valence-electron chi connectivity index (χ0n) is 9.61. The van der Waals surface area contributed by atoms with Gasteiger partial charge < -0.3 is 16.4 Å². The van der Waals surface area contributed by atoms with Gasteiger partial charge in [-0.3, -0.25) is 4.79 Å². The van der Waals surface area contributed by atoms with Gasteiger partial charge in [0.1, 0.15) is 5.50 Å². The third-order valence-corrected chi connectivity index (χ3v) is 4.69. The molecule has 1 amide bonds. The first-order chi connectivity index (χ1) is 7.59. The number of hydrogen-bond donors (Lipinski definition) is 2. The van der Waals surface area contributed by atoms with E-state index in [2.05, 4.69) is 4.90 Å². The van der Waals surface area contributed by atoms with E-state index in [1.54, 1.807) is 0 Å². The van der Waals surface area contributed by atoms with Crippen LogP contribution in [0.25, 0.3) is 0 Å². The van der Waals surface area contributed by atoms with Gasteiger partial charge in [0.25, 0.3) is 5.91 Å². The van der Waals surface area contributed by atoms with Crippen LogP contribution in [0, 0.1) is 5.92 Å². The van der Waals surface area contributed by atoms with E-state index < -0.39 is 0 Å². The smallest absolute Gasteiger partial charge is 0.257 e. The average molecular weight is 241 g/mol. The largest absolute Gasteiger partial charge is 0.365 e. The van der Waals surface area contributed by atoms with Crippen LogP contribution in [0.1, 0.15) is 32.6 Å². The number of carbonyl (C=O) groups excluding carboxylic acids is 1. The van der Waals surface area contributed by atoms with Gasteiger partial charge in [-0.05, 0) is 25.7 Å². The molecular weight excluding hydrogens is 222 g/mol. The number of thioether (sulfide) groups is 1. The van der Waals surface area contributed by atoms with Crippen molar-refractivity contribution in [3.05, 3.63) is 10.6 Å². The van der Waals surface area contributed by atoms with Crippen LogP contribution >= 0.6 is 11.8 Å². The molecule has 0 aromatic rings. The Morgan fingerprint density at radius 3 is 2.62 bits per heavy atom. The van der Waals surface area contributed by atoms with Gasteiger partial charge in [-0.1, -0.05) is 24.6 Å². The molecule has 0 aromatic carbocycles. The van der Waals surface area contributed by atoms with Gasteiger partial charge in [-0.25, -0.2) is 0 Å². The standard InChI is InChI=1S/C11H19N3OS/c1-7-9(10(12)15)16-11(13)14(7)6-8-4-2-3-5-8/h8,11H,2-6,13H2,1H3,(H2,12,15). The lowest BCUT2D eigenvalue weighted by Gasteiger charge is -2.27. The molecular formula is C11H19N3OS. The Balaban J connectivity index is 2.05. The highest BCUT2D eigenvalue weighted by Crippen LogP contribution is 2.37. The highest BCUT2D eigenvalue weighted by molar-refractivity contribution is 8.04. The van der Waals surface area contributed by atoms with Crippen LogP contribution in [0.5, 0.6) is 0 Å². The Labute approximate surface area is 100 Å². The lowest BCUT2D eigenvalue weighted by molar-refractivity contribution is -0.114. The van der Waals surface area contributed by atoms with Crippen molar-refractivity contribution < 1.29 is 4.79 Å². The molecule has 90 valence electrons. The van der Waals surface area contributed by atoms with E-state index in [-0.39, 0.29) is 11.4 Å². The Morgan fingerprint density at radius 2 is 2.12 bits per heavy atom. The normalized spacial score (nSPS) is 26.9. The summed E-state index contributed by atoms with van der Waals surface area (Å²) in [7, 11) is 0. The van der Waals surface area contributed by atoms with Crippen molar-refractivity contribution >= 4 is 17.7 Å². The fourth-order valence-electron chi connectivity index (χ4n) is 2.54. The molecule has 1 unspecified atom stereocenters. The second kappa shape index (κ2) is 4.67. The molecule has 4 nitrogen and oxygen atoms in total. The Bertz CT molecular complexity index is 323. The fourth-order valence-corrected chi connectivity index (χ4v) is 3.56. The molecule has 16 heavy (non-hydrogen) atoms. The number of nitrogens with zero attached hydrogens (tertiary/aromatic N) is 1. The van der Waals surface area contributed by atoms with E-state index in [9.17, 15) is 4.79 Å². The maximum atomic E-state index is 11.2. The topological polar surface area (TPSA) is 72.3 Å². The Morgan fingerprint density at radius 1 is 1.50 bits per heavy atom. The van der Waals surface area contributed by atoms with Gasteiger partial charge in [-0.2, -0.15) is 0 Å². The van der Waals surface area contributed by atoms with E-state index >= 15 is 0 Å². The van der Waals surface area contributed by atoms with Gasteiger partial charge in [0, 0.05) is 12.2 Å². The predicted molar refractivity (Wildman–Crippen MR) is 66.1 cm³/mol.